The van der Waals surface area contributed by atoms with Crippen molar-refractivity contribution in [3.8, 4) is 33.8 Å². The molecule has 0 saturated carbocycles. The summed E-state index contributed by atoms with van der Waals surface area (Å²) in [6.45, 7) is 9.14. The van der Waals surface area contributed by atoms with Gasteiger partial charge in [0, 0.05) is 22.5 Å². The van der Waals surface area contributed by atoms with Crippen molar-refractivity contribution >= 4 is 52.2 Å². The van der Waals surface area contributed by atoms with Crippen molar-refractivity contribution in [3.63, 3.8) is 0 Å². The lowest BCUT2D eigenvalue weighted by molar-refractivity contribution is 0.487. The van der Waals surface area contributed by atoms with Crippen LogP contribution in [0.1, 0.15) is 22.3 Å². The second-order valence-electron chi connectivity index (χ2n) is 11.7. The molecule has 2 nitrogen and oxygen atoms in total. The van der Waals surface area contributed by atoms with Crippen molar-refractivity contribution in [1.82, 2.24) is 0 Å². The van der Waals surface area contributed by atoms with Crippen LogP contribution in [0, 0.1) is 27.7 Å². The van der Waals surface area contributed by atoms with Crippen LogP contribution in [-0.2, 0) is 0 Å². The Hall–Kier alpha value is -4.17. The Morgan fingerprint density at radius 1 is 0.500 bits per heavy atom. The number of nitrogens with zero attached hydrogens (tertiary/aromatic N) is 1. The molecule has 0 N–H and O–H groups in total. The number of hydrogen-bond acceptors (Lipinski definition) is 2. The van der Waals surface area contributed by atoms with Gasteiger partial charge in [0.15, 0.2) is 0 Å². The molecule has 38 heavy (non-hydrogen) atoms. The maximum absolute atomic E-state index is 6.65. The molecular formula is C34H25B2NO. The first-order valence-corrected chi connectivity index (χ1v) is 13.6. The maximum atomic E-state index is 6.65. The van der Waals surface area contributed by atoms with Gasteiger partial charge in [0.05, 0.1) is 0 Å². The van der Waals surface area contributed by atoms with E-state index in [1.54, 1.807) is 0 Å². The van der Waals surface area contributed by atoms with Crippen LogP contribution in [0.2, 0.25) is 0 Å². The number of hydrogen-bond donors (Lipinski definition) is 0. The molecule has 0 spiro atoms. The molecule has 5 aromatic carbocycles. The minimum absolute atomic E-state index is 0.132. The van der Waals surface area contributed by atoms with E-state index in [-0.39, 0.29) is 13.6 Å². The SMILES string of the molecule is Cc1ccc2c(c1)B1c3cc(C)cc4c3N3B(c5cc(C)ccc5-4)c4cc(C)ccc4-c4ccc(c1c43)O2. The van der Waals surface area contributed by atoms with Crippen molar-refractivity contribution in [2.75, 3.05) is 4.81 Å². The van der Waals surface area contributed by atoms with Crippen LogP contribution in [-0.4, -0.2) is 13.6 Å². The predicted molar refractivity (Wildman–Crippen MR) is 161 cm³/mol. The summed E-state index contributed by atoms with van der Waals surface area (Å²) in [6, 6.07) is 30.0. The summed E-state index contributed by atoms with van der Waals surface area (Å²) in [6.07, 6.45) is 0. The molecule has 4 heteroatoms. The minimum Gasteiger partial charge on any atom is -0.458 e. The van der Waals surface area contributed by atoms with Crippen molar-refractivity contribution in [2.24, 2.45) is 0 Å². The lowest BCUT2D eigenvalue weighted by Crippen LogP contribution is -2.68. The van der Waals surface area contributed by atoms with Crippen molar-refractivity contribution in [1.29, 1.82) is 0 Å². The largest absolute Gasteiger partial charge is 0.458 e. The summed E-state index contributed by atoms with van der Waals surface area (Å²) in [5, 5.41) is 0. The third-order valence-electron chi connectivity index (χ3n) is 9.08. The van der Waals surface area contributed by atoms with E-state index in [0.29, 0.717) is 0 Å². The van der Waals surface area contributed by atoms with Crippen molar-refractivity contribution in [3.05, 3.63) is 101 Å². The van der Waals surface area contributed by atoms with Gasteiger partial charge in [-0.25, -0.2) is 0 Å². The average molecular weight is 485 g/mol. The molecule has 0 amide bonds. The van der Waals surface area contributed by atoms with Crippen LogP contribution in [0.15, 0.2) is 78.9 Å². The van der Waals surface area contributed by atoms with Gasteiger partial charge in [-0.2, -0.15) is 0 Å². The van der Waals surface area contributed by atoms with Gasteiger partial charge in [-0.05, 0) is 90.4 Å². The fourth-order valence-electron chi connectivity index (χ4n) is 7.64. The Bertz CT molecular complexity index is 1920. The van der Waals surface area contributed by atoms with Crippen LogP contribution in [0.3, 0.4) is 0 Å². The number of fused-ring (bicyclic) bond motifs is 9. The van der Waals surface area contributed by atoms with E-state index in [0.717, 1.165) is 11.5 Å². The quantitative estimate of drug-likeness (QED) is 0.288. The Kier molecular flexibility index (Phi) is 3.74. The standard InChI is InChI=1S/C34H25B2NO/c1-18-5-8-22-24-10-12-31-32-34(24)37-33-25(23-9-6-19(2)15-27(23)36(37)26(22)14-18)13-21(4)17-29(33)35(32)28-16-20(3)7-11-30(28)38-31/h5-17H,1-4H3. The molecule has 0 fully saturated rings. The van der Waals surface area contributed by atoms with Gasteiger partial charge in [0.1, 0.15) is 11.5 Å². The van der Waals surface area contributed by atoms with Crippen LogP contribution in [0.5, 0.6) is 11.5 Å². The zero-order valence-electron chi connectivity index (χ0n) is 22.0. The van der Waals surface area contributed by atoms with E-state index in [4.69, 9.17) is 4.74 Å². The summed E-state index contributed by atoms with van der Waals surface area (Å²) in [5.41, 5.74) is 20.0. The number of aryl methyl sites for hydroxylation is 4. The smallest absolute Gasteiger partial charge is 0.329 e. The third-order valence-corrected chi connectivity index (χ3v) is 9.08. The molecule has 9 rings (SSSR count). The molecule has 0 aliphatic carbocycles. The van der Waals surface area contributed by atoms with Gasteiger partial charge >= 0.3 is 6.85 Å². The molecule has 4 aliphatic rings. The highest BCUT2D eigenvalue weighted by molar-refractivity contribution is 7.02. The van der Waals surface area contributed by atoms with E-state index < -0.39 is 0 Å². The van der Waals surface area contributed by atoms with Gasteiger partial charge in [0.2, 0.25) is 0 Å². The molecule has 0 radical (unpaired) electrons. The highest BCUT2D eigenvalue weighted by Gasteiger charge is 2.51. The summed E-state index contributed by atoms with van der Waals surface area (Å²) >= 11 is 0. The third kappa shape index (κ3) is 2.42. The minimum atomic E-state index is 0.132. The normalized spacial score (nSPS) is 14.4. The summed E-state index contributed by atoms with van der Waals surface area (Å²) in [7, 11) is 0. The van der Waals surface area contributed by atoms with E-state index in [9.17, 15) is 0 Å². The number of anilines is 2. The van der Waals surface area contributed by atoms with E-state index >= 15 is 0 Å². The molecular weight excluding hydrogens is 460 g/mol. The van der Waals surface area contributed by atoms with E-state index in [2.05, 4.69) is 111 Å². The molecule has 0 atom stereocenters. The molecule has 0 saturated heterocycles. The van der Waals surface area contributed by atoms with Gasteiger partial charge in [0.25, 0.3) is 6.71 Å². The maximum Gasteiger partial charge on any atom is 0.329 e. The van der Waals surface area contributed by atoms with Gasteiger partial charge in [-0.15, -0.1) is 0 Å². The molecule has 4 aliphatic heterocycles. The van der Waals surface area contributed by atoms with Crippen LogP contribution in [0.25, 0.3) is 22.3 Å². The second-order valence-corrected chi connectivity index (χ2v) is 11.7. The van der Waals surface area contributed by atoms with Crippen LogP contribution in [0.4, 0.5) is 11.4 Å². The molecule has 178 valence electrons. The van der Waals surface area contributed by atoms with Crippen molar-refractivity contribution in [2.45, 2.75) is 27.7 Å². The molecule has 0 aromatic heterocycles. The summed E-state index contributed by atoms with van der Waals surface area (Å²) in [4.78, 5) is 2.67. The van der Waals surface area contributed by atoms with Crippen LogP contribution >= 0.6 is 0 Å². The number of rotatable bonds is 0. The lowest BCUT2D eigenvalue weighted by atomic mass is 9.31. The summed E-state index contributed by atoms with van der Waals surface area (Å²) in [5.74, 6) is 1.97. The summed E-state index contributed by atoms with van der Waals surface area (Å²) < 4.78 is 6.65. The average Bonchev–Trinajstić information content (AvgIpc) is 2.90. The predicted octanol–water partition coefficient (Wildman–Crippen LogP) is 4.76. The Balaban J connectivity index is 1.51. The number of benzene rings is 5. The first kappa shape index (κ1) is 20.8. The Labute approximate surface area is 224 Å². The highest BCUT2D eigenvalue weighted by Crippen LogP contribution is 2.49. The first-order valence-electron chi connectivity index (χ1n) is 13.6. The molecule has 5 aromatic rings. The fourth-order valence-corrected chi connectivity index (χ4v) is 7.64. The first-order chi connectivity index (χ1) is 18.5. The zero-order chi connectivity index (χ0) is 25.4. The van der Waals surface area contributed by atoms with E-state index in [1.807, 2.05) is 0 Å². The van der Waals surface area contributed by atoms with Gasteiger partial charge < -0.3 is 9.55 Å². The van der Waals surface area contributed by atoms with Crippen LogP contribution < -0.4 is 36.9 Å². The molecule has 4 heterocycles. The zero-order valence-corrected chi connectivity index (χ0v) is 22.0. The second kappa shape index (κ2) is 6.82. The van der Waals surface area contributed by atoms with Crippen molar-refractivity contribution < 1.29 is 4.74 Å². The topological polar surface area (TPSA) is 12.5 Å². The van der Waals surface area contributed by atoms with E-state index in [1.165, 1.54) is 83.2 Å². The Morgan fingerprint density at radius 3 is 1.82 bits per heavy atom. The van der Waals surface area contributed by atoms with Gasteiger partial charge in [-0.1, -0.05) is 76.9 Å². The molecule has 0 bridgehead atoms. The molecule has 0 unspecified atom stereocenters. The Morgan fingerprint density at radius 2 is 1.08 bits per heavy atom. The number of ether oxygens (including phenoxy) is 1. The monoisotopic (exact) mass is 485 g/mol. The fraction of sp³-hybridized carbons (Fsp3) is 0.118. The highest BCUT2D eigenvalue weighted by atomic mass is 16.5. The lowest BCUT2D eigenvalue weighted by Gasteiger charge is -2.50. The van der Waals surface area contributed by atoms with Gasteiger partial charge in [-0.3, -0.25) is 0 Å².